The quantitative estimate of drug-likeness (QED) is 0.816. The van der Waals surface area contributed by atoms with Crippen molar-refractivity contribution in [2.75, 3.05) is 12.8 Å². The standard InChI is InChI=1S/C14H16N2O/c1-8-6-7-11(17-2)14-12(8)13(15)9-4-3-5-10(9)16-14/h6-7H,3-5H2,1-2H3,(H2,15,16). The molecule has 0 saturated carbocycles. The maximum Gasteiger partial charge on any atom is 0.145 e. The zero-order valence-electron chi connectivity index (χ0n) is 10.2. The Labute approximate surface area is 101 Å². The molecule has 1 aliphatic rings. The molecule has 0 saturated heterocycles. The number of fused-ring (bicyclic) bond motifs is 2. The number of nitrogen functional groups attached to an aromatic ring is 1. The van der Waals surface area contributed by atoms with Gasteiger partial charge in [-0.25, -0.2) is 4.98 Å². The van der Waals surface area contributed by atoms with Gasteiger partial charge in [0.15, 0.2) is 0 Å². The highest BCUT2D eigenvalue weighted by Gasteiger charge is 2.20. The lowest BCUT2D eigenvalue weighted by molar-refractivity contribution is 0.418. The third-order valence-electron chi connectivity index (χ3n) is 3.60. The monoisotopic (exact) mass is 228 g/mol. The van der Waals surface area contributed by atoms with Gasteiger partial charge in [-0.3, -0.25) is 0 Å². The van der Waals surface area contributed by atoms with Crippen molar-refractivity contribution in [3.8, 4) is 5.75 Å². The highest BCUT2D eigenvalue weighted by Crippen LogP contribution is 2.37. The van der Waals surface area contributed by atoms with Gasteiger partial charge in [-0.2, -0.15) is 0 Å². The zero-order chi connectivity index (χ0) is 12.0. The van der Waals surface area contributed by atoms with Crippen LogP contribution in [0.2, 0.25) is 0 Å². The summed E-state index contributed by atoms with van der Waals surface area (Å²) in [6.45, 7) is 2.07. The molecule has 1 aliphatic carbocycles. The molecule has 0 unspecified atom stereocenters. The van der Waals surface area contributed by atoms with Crippen LogP contribution in [0.25, 0.3) is 10.9 Å². The second-order valence-electron chi connectivity index (χ2n) is 4.61. The van der Waals surface area contributed by atoms with Crippen molar-refractivity contribution >= 4 is 16.6 Å². The molecule has 17 heavy (non-hydrogen) atoms. The SMILES string of the molecule is COc1ccc(C)c2c(N)c3c(nc12)CCC3. The number of benzene rings is 1. The Hall–Kier alpha value is -1.77. The second kappa shape index (κ2) is 3.62. The summed E-state index contributed by atoms with van der Waals surface area (Å²) in [4.78, 5) is 4.74. The Morgan fingerprint density at radius 2 is 2.12 bits per heavy atom. The van der Waals surface area contributed by atoms with E-state index in [9.17, 15) is 0 Å². The molecule has 3 rings (SSSR count). The average molecular weight is 228 g/mol. The van der Waals surface area contributed by atoms with E-state index in [1.54, 1.807) is 7.11 Å². The van der Waals surface area contributed by atoms with Crippen molar-refractivity contribution < 1.29 is 4.74 Å². The largest absolute Gasteiger partial charge is 0.494 e. The van der Waals surface area contributed by atoms with Crippen molar-refractivity contribution in [2.45, 2.75) is 26.2 Å². The number of pyridine rings is 1. The lowest BCUT2D eigenvalue weighted by Gasteiger charge is -2.13. The number of anilines is 1. The average Bonchev–Trinajstić information content (AvgIpc) is 2.78. The Bertz CT molecular complexity index is 605. The molecular formula is C14H16N2O. The smallest absolute Gasteiger partial charge is 0.145 e. The van der Waals surface area contributed by atoms with Crippen molar-refractivity contribution in [1.82, 2.24) is 4.98 Å². The number of rotatable bonds is 1. The van der Waals surface area contributed by atoms with E-state index < -0.39 is 0 Å². The Morgan fingerprint density at radius 3 is 2.88 bits per heavy atom. The summed E-state index contributed by atoms with van der Waals surface area (Å²) in [5, 5.41) is 1.06. The molecule has 0 bridgehead atoms. The minimum atomic E-state index is 0.812. The third kappa shape index (κ3) is 1.38. The van der Waals surface area contributed by atoms with E-state index >= 15 is 0 Å². The van der Waals surface area contributed by atoms with Crippen molar-refractivity contribution in [2.24, 2.45) is 0 Å². The molecule has 88 valence electrons. The fourth-order valence-corrected chi connectivity index (χ4v) is 2.72. The van der Waals surface area contributed by atoms with Gasteiger partial charge in [-0.15, -0.1) is 0 Å². The summed E-state index contributed by atoms with van der Waals surface area (Å²) >= 11 is 0. The number of ether oxygens (including phenoxy) is 1. The van der Waals surface area contributed by atoms with Crippen molar-refractivity contribution in [1.29, 1.82) is 0 Å². The number of aryl methyl sites for hydroxylation is 2. The highest BCUT2D eigenvalue weighted by atomic mass is 16.5. The minimum absolute atomic E-state index is 0.812. The zero-order valence-corrected chi connectivity index (χ0v) is 10.2. The van der Waals surface area contributed by atoms with Crippen LogP contribution in [0.15, 0.2) is 12.1 Å². The van der Waals surface area contributed by atoms with Crippen LogP contribution in [0.4, 0.5) is 5.69 Å². The summed E-state index contributed by atoms with van der Waals surface area (Å²) in [5.41, 5.74) is 11.7. The van der Waals surface area contributed by atoms with Crippen LogP contribution in [0.5, 0.6) is 5.75 Å². The Balaban J connectivity index is 2.45. The number of aromatic nitrogens is 1. The number of nitrogens with two attached hydrogens (primary N) is 1. The van der Waals surface area contributed by atoms with E-state index in [2.05, 4.69) is 6.92 Å². The topological polar surface area (TPSA) is 48.1 Å². The van der Waals surface area contributed by atoms with Gasteiger partial charge in [0.1, 0.15) is 11.3 Å². The fraction of sp³-hybridized carbons (Fsp3) is 0.357. The van der Waals surface area contributed by atoms with Gasteiger partial charge in [0.2, 0.25) is 0 Å². The van der Waals surface area contributed by atoms with Crippen LogP contribution < -0.4 is 10.5 Å². The lowest BCUT2D eigenvalue weighted by atomic mass is 10.0. The summed E-state index contributed by atoms with van der Waals surface area (Å²) in [6.07, 6.45) is 3.25. The molecule has 1 aromatic carbocycles. The van der Waals surface area contributed by atoms with Gasteiger partial charge < -0.3 is 10.5 Å². The highest BCUT2D eigenvalue weighted by molar-refractivity contribution is 5.98. The Kier molecular flexibility index (Phi) is 2.21. The summed E-state index contributed by atoms with van der Waals surface area (Å²) in [7, 11) is 1.68. The first-order valence-corrected chi connectivity index (χ1v) is 5.97. The van der Waals surface area contributed by atoms with E-state index in [0.717, 1.165) is 47.3 Å². The van der Waals surface area contributed by atoms with Gasteiger partial charge in [-0.05, 0) is 43.4 Å². The van der Waals surface area contributed by atoms with Gasteiger partial charge in [0, 0.05) is 16.8 Å². The molecule has 0 spiro atoms. The maximum atomic E-state index is 6.30. The van der Waals surface area contributed by atoms with E-state index in [-0.39, 0.29) is 0 Å². The van der Waals surface area contributed by atoms with E-state index in [1.165, 1.54) is 11.1 Å². The summed E-state index contributed by atoms with van der Waals surface area (Å²) in [6, 6.07) is 4.01. The molecule has 1 aromatic heterocycles. The number of methoxy groups -OCH3 is 1. The van der Waals surface area contributed by atoms with Crippen LogP contribution in [-0.2, 0) is 12.8 Å². The number of hydrogen-bond donors (Lipinski definition) is 1. The van der Waals surface area contributed by atoms with Gasteiger partial charge >= 0.3 is 0 Å². The first-order chi connectivity index (χ1) is 8.22. The predicted molar refractivity (Wildman–Crippen MR) is 69.5 cm³/mol. The van der Waals surface area contributed by atoms with E-state index in [0.29, 0.717) is 0 Å². The van der Waals surface area contributed by atoms with Crippen LogP contribution in [0.3, 0.4) is 0 Å². The molecule has 0 aliphatic heterocycles. The molecule has 3 heteroatoms. The molecule has 1 heterocycles. The minimum Gasteiger partial charge on any atom is -0.494 e. The van der Waals surface area contributed by atoms with Crippen LogP contribution in [0, 0.1) is 6.92 Å². The lowest BCUT2D eigenvalue weighted by Crippen LogP contribution is -2.01. The first-order valence-electron chi connectivity index (χ1n) is 5.97. The predicted octanol–water partition coefficient (Wildman–Crippen LogP) is 2.62. The number of hydrogen-bond acceptors (Lipinski definition) is 3. The van der Waals surface area contributed by atoms with Crippen LogP contribution in [0.1, 0.15) is 23.2 Å². The van der Waals surface area contributed by atoms with Gasteiger partial charge in [0.05, 0.1) is 7.11 Å². The van der Waals surface area contributed by atoms with Crippen LogP contribution in [-0.4, -0.2) is 12.1 Å². The molecule has 0 fully saturated rings. The molecule has 3 nitrogen and oxygen atoms in total. The second-order valence-corrected chi connectivity index (χ2v) is 4.61. The molecular weight excluding hydrogens is 212 g/mol. The molecule has 0 radical (unpaired) electrons. The molecule has 0 atom stereocenters. The van der Waals surface area contributed by atoms with Crippen molar-refractivity contribution in [3.05, 3.63) is 29.0 Å². The summed E-state index contributed by atoms with van der Waals surface area (Å²) < 4.78 is 5.38. The molecule has 2 aromatic rings. The third-order valence-corrected chi connectivity index (χ3v) is 3.60. The summed E-state index contributed by atoms with van der Waals surface area (Å²) in [5.74, 6) is 0.812. The van der Waals surface area contributed by atoms with Gasteiger partial charge in [0.25, 0.3) is 0 Å². The van der Waals surface area contributed by atoms with Crippen molar-refractivity contribution in [3.63, 3.8) is 0 Å². The van der Waals surface area contributed by atoms with Gasteiger partial charge in [-0.1, -0.05) is 6.07 Å². The van der Waals surface area contributed by atoms with E-state index in [4.69, 9.17) is 15.5 Å². The molecule has 0 amide bonds. The molecule has 2 N–H and O–H groups in total. The Morgan fingerprint density at radius 1 is 1.29 bits per heavy atom. The maximum absolute atomic E-state index is 6.30. The van der Waals surface area contributed by atoms with E-state index in [1.807, 2.05) is 12.1 Å². The van der Waals surface area contributed by atoms with Crippen LogP contribution >= 0.6 is 0 Å². The first kappa shape index (κ1) is 10.4. The number of nitrogens with zero attached hydrogens (tertiary/aromatic N) is 1. The fourth-order valence-electron chi connectivity index (χ4n) is 2.72. The normalized spacial score (nSPS) is 14.0.